The Labute approximate surface area is 223 Å². The maximum atomic E-state index is 13.6. The van der Waals surface area contributed by atoms with Crippen molar-refractivity contribution in [3.8, 4) is 16.9 Å². The number of amides is 2. The lowest BCUT2D eigenvalue weighted by Crippen LogP contribution is -2.41. The van der Waals surface area contributed by atoms with E-state index in [1.807, 2.05) is 67.6 Å². The molecular weight excluding hydrogens is 479 g/mol. The molecule has 4 rings (SSSR count). The fourth-order valence-electron chi connectivity index (χ4n) is 4.43. The normalized spacial score (nSPS) is 11.7. The highest BCUT2D eigenvalue weighted by Crippen LogP contribution is 2.26. The molecule has 1 atom stereocenters. The Bertz CT molecular complexity index is 1340. The lowest BCUT2D eigenvalue weighted by Gasteiger charge is -2.27. The lowest BCUT2D eigenvalue weighted by atomic mass is 9.95. The van der Waals surface area contributed by atoms with Crippen LogP contribution >= 0.6 is 0 Å². The fraction of sp³-hybridized carbons (Fsp3) is 0.258. The summed E-state index contributed by atoms with van der Waals surface area (Å²) in [5, 5.41) is 7.62. The van der Waals surface area contributed by atoms with E-state index in [4.69, 9.17) is 0 Å². The summed E-state index contributed by atoms with van der Waals surface area (Å²) in [5.41, 5.74) is 3.11. The molecule has 3 aromatic carbocycles. The number of anilines is 1. The van der Waals surface area contributed by atoms with Crippen LogP contribution in [0.4, 0.5) is 10.2 Å². The standard InChI is InChI=1S/C31H33FN4O2/c1-3-5-20-35(31(38)27(4-2)23-12-8-6-9-13-23)22-30(37)33-29-21-28(24-14-10-7-11-15-24)34-36(29)26-18-16-25(32)17-19-26/h6-19,21,27H,3-5,20,22H2,1-2H3,(H,33,37). The van der Waals surface area contributed by atoms with Crippen LogP contribution in [0.2, 0.25) is 0 Å². The van der Waals surface area contributed by atoms with Gasteiger partial charge in [-0.25, -0.2) is 9.07 Å². The average Bonchev–Trinajstić information content (AvgIpc) is 3.36. The van der Waals surface area contributed by atoms with Crippen molar-refractivity contribution in [3.63, 3.8) is 0 Å². The molecule has 1 aromatic heterocycles. The zero-order valence-electron chi connectivity index (χ0n) is 21.8. The van der Waals surface area contributed by atoms with Gasteiger partial charge >= 0.3 is 0 Å². The summed E-state index contributed by atoms with van der Waals surface area (Å²) in [6, 6.07) is 27.0. The van der Waals surface area contributed by atoms with Crippen molar-refractivity contribution in [3.05, 3.63) is 102 Å². The Kier molecular flexibility index (Phi) is 9.03. The van der Waals surface area contributed by atoms with Crippen LogP contribution in [-0.4, -0.2) is 39.6 Å². The number of nitrogens with zero attached hydrogens (tertiary/aromatic N) is 3. The minimum atomic E-state index is -0.358. The number of carbonyl (C=O) groups is 2. The lowest BCUT2D eigenvalue weighted by molar-refractivity contribution is -0.136. The van der Waals surface area contributed by atoms with E-state index in [0.29, 0.717) is 30.2 Å². The van der Waals surface area contributed by atoms with Crippen LogP contribution < -0.4 is 5.32 Å². The van der Waals surface area contributed by atoms with Gasteiger partial charge in [-0.1, -0.05) is 80.9 Å². The van der Waals surface area contributed by atoms with Crippen molar-refractivity contribution in [2.45, 2.75) is 39.0 Å². The molecule has 6 nitrogen and oxygen atoms in total. The Hall–Kier alpha value is -4.26. The van der Waals surface area contributed by atoms with Gasteiger partial charge in [0.05, 0.1) is 23.8 Å². The number of hydrogen-bond donors (Lipinski definition) is 1. The Morgan fingerprint density at radius 1 is 0.947 bits per heavy atom. The maximum absolute atomic E-state index is 13.6. The summed E-state index contributed by atoms with van der Waals surface area (Å²) in [6.45, 7) is 4.47. The van der Waals surface area contributed by atoms with Crippen LogP contribution in [0.1, 0.15) is 44.6 Å². The number of rotatable bonds is 11. The number of benzene rings is 3. The van der Waals surface area contributed by atoms with Crippen LogP contribution in [0, 0.1) is 5.82 Å². The maximum Gasteiger partial charge on any atom is 0.245 e. The third kappa shape index (κ3) is 6.54. The number of halogens is 1. The highest BCUT2D eigenvalue weighted by atomic mass is 19.1. The zero-order chi connectivity index (χ0) is 26.9. The summed E-state index contributed by atoms with van der Waals surface area (Å²) < 4.78 is 15.2. The highest BCUT2D eigenvalue weighted by Gasteiger charge is 2.26. The summed E-state index contributed by atoms with van der Waals surface area (Å²) in [6.07, 6.45) is 2.35. The summed E-state index contributed by atoms with van der Waals surface area (Å²) in [7, 11) is 0. The van der Waals surface area contributed by atoms with Crippen LogP contribution in [0.25, 0.3) is 16.9 Å². The van der Waals surface area contributed by atoms with Gasteiger partial charge in [-0.15, -0.1) is 0 Å². The minimum absolute atomic E-state index is 0.0562. The third-order valence-corrected chi connectivity index (χ3v) is 6.45. The first kappa shape index (κ1) is 26.8. The topological polar surface area (TPSA) is 67.2 Å². The molecule has 0 saturated heterocycles. The van der Waals surface area contributed by atoms with E-state index in [2.05, 4.69) is 17.3 Å². The minimum Gasteiger partial charge on any atom is -0.333 e. The molecule has 7 heteroatoms. The van der Waals surface area contributed by atoms with Gasteiger partial charge < -0.3 is 10.2 Å². The van der Waals surface area contributed by atoms with Crippen molar-refractivity contribution in [2.24, 2.45) is 0 Å². The van der Waals surface area contributed by atoms with Gasteiger partial charge in [0.1, 0.15) is 11.6 Å². The van der Waals surface area contributed by atoms with E-state index in [1.165, 1.54) is 12.1 Å². The van der Waals surface area contributed by atoms with Crippen molar-refractivity contribution >= 4 is 17.6 Å². The fourth-order valence-corrected chi connectivity index (χ4v) is 4.43. The molecule has 196 valence electrons. The van der Waals surface area contributed by atoms with E-state index in [1.54, 1.807) is 27.8 Å². The Morgan fingerprint density at radius 2 is 1.61 bits per heavy atom. The van der Waals surface area contributed by atoms with Crippen molar-refractivity contribution in [1.29, 1.82) is 0 Å². The van der Waals surface area contributed by atoms with Gasteiger partial charge in [-0.2, -0.15) is 5.10 Å². The second-order valence-electron chi connectivity index (χ2n) is 9.20. The van der Waals surface area contributed by atoms with Gasteiger partial charge in [-0.05, 0) is 42.7 Å². The molecule has 0 fully saturated rings. The number of carbonyl (C=O) groups excluding carboxylic acids is 2. The molecule has 1 unspecified atom stereocenters. The van der Waals surface area contributed by atoms with E-state index in [-0.39, 0.29) is 30.1 Å². The number of unbranched alkanes of at least 4 members (excludes halogenated alkanes) is 1. The molecule has 0 aliphatic rings. The second-order valence-corrected chi connectivity index (χ2v) is 9.20. The largest absolute Gasteiger partial charge is 0.333 e. The van der Waals surface area contributed by atoms with Gasteiger partial charge in [0.15, 0.2) is 0 Å². The smallest absolute Gasteiger partial charge is 0.245 e. The first-order chi connectivity index (χ1) is 18.5. The number of nitrogens with one attached hydrogen (secondary N) is 1. The van der Waals surface area contributed by atoms with Crippen molar-refractivity contribution in [2.75, 3.05) is 18.4 Å². The first-order valence-electron chi connectivity index (χ1n) is 13.0. The molecule has 0 aliphatic carbocycles. The van der Waals surface area contributed by atoms with Crippen LogP contribution in [0.5, 0.6) is 0 Å². The van der Waals surface area contributed by atoms with Gasteiger partial charge in [0, 0.05) is 18.2 Å². The monoisotopic (exact) mass is 512 g/mol. The molecule has 4 aromatic rings. The van der Waals surface area contributed by atoms with Crippen molar-refractivity contribution < 1.29 is 14.0 Å². The first-order valence-corrected chi connectivity index (χ1v) is 13.0. The van der Waals surface area contributed by atoms with Gasteiger partial charge in [0.25, 0.3) is 0 Å². The van der Waals surface area contributed by atoms with Gasteiger partial charge in [-0.3, -0.25) is 9.59 Å². The highest BCUT2D eigenvalue weighted by molar-refractivity contribution is 5.95. The second kappa shape index (κ2) is 12.8. The predicted molar refractivity (Wildman–Crippen MR) is 149 cm³/mol. The summed E-state index contributed by atoms with van der Waals surface area (Å²) >= 11 is 0. The molecular formula is C31H33FN4O2. The Balaban J connectivity index is 1.59. The number of hydrogen-bond acceptors (Lipinski definition) is 3. The van der Waals surface area contributed by atoms with Crippen molar-refractivity contribution in [1.82, 2.24) is 14.7 Å². The zero-order valence-corrected chi connectivity index (χ0v) is 21.8. The predicted octanol–water partition coefficient (Wildman–Crippen LogP) is 6.44. The summed E-state index contributed by atoms with van der Waals surface area (Å²) in [4.78, 5) is 28.5. The molecule has 0 spiro atoms. The SMILES string of the molecule is CCCCN(CC(=O)Nc1cc(-c2ccccc2)nn1-c1ccc(F)cc1)C(=O)C(CC)c1ccccc1. The van der Waals surface area contributed by atoms with E-state index >= 15 is 0 Å². The van der Waals surface area contributed by atoms with Gasteiger partial charge in [0.2, 0.25) is 11.8 Å². The Morgan fingerprint density at radius 3 is 2.24 bits per heavy atom. The molecule has 38 heavy (non-hydrogen) atoms. The van der Waals surface area contributed by atoms with E-state index in [0.717, 1.165) is 24.0 Å². The molecule has 0 bridgehead atoms. The molecule has 1 N–H and O–H groups in total. The third-order valence-electron chi connectivity index (χ3n) is 6.45. The van der Waals surface area contributed by atoms with Crippen LogP contribution in [0.3, 0.4) is 0 Å². The quantitative estimate of drug-likeness (QED) is 0.251. The summed E-state index contributed by atoms with van der Waals surface area (Å²) in [5.74, 6) is -0.600. The molecule has 0 saturated carbocycles. The molecule has 1 heterocycles. The average molecular weight is 513 g/mol. The van der Waals surface area contributed by atoms with E-state index < -0.39 is 0 Å². The molecule has 2 amide bonds. The number of aromatic nitrogens is 2. The molecule has 0 radical (unpaired) electrons. The van der Waals surface area contributed by atoms with E-state index in [9.17, 15) is 14.0 Å². The van der Waals surface area contributed by atoms with Crippen LogP contribution in [-0.2, 0) is 9.59 Å². The molecule has 0 aliphatic heterocycles. The van der Waals surface area contributed by atoms with Crippen LogP contribution in [0.15, 0.2) is 91.0 Å².